The third-order valence-corrected chi connectivity index (χ3v) is 8.04. The number of nitrogens with one attached hydrogen (secondary N) is 1. The molecule has 2 fully saturated rings. The molecule has 0 aliphatic carbocycles. The molecule has 2 saturated heterocycles. The topological polar surface area (TPSA) is 82.6 Å². The second kappa shape index (κ2) is 9.89. The molecule has 1 amide bonds. The van der Waals surface area contributed by atoms with Gasteiger partial charge < -0.3 is 10.2 Å². The van der Waals surface area contributed by atoms with E-state index in [4.69, 9.17) is 0 Å². The van der Waals surface area contributed by atoms with Gasteiger partial charge in [0.05, 0.1) is 11.7 Å². The number of anilines is 1. The molecule has 8 heteroatoms. The summed E-state index contributed by atoms with van der Waals surface area (Å²) < 4.78 is 26.1. The highest BCUT2D eigenvalue weighted by Crippen LogP contribution is 2.22. The molecule has 29 heavy (non-hydrogen) atoms. The summed E-state index contributed by atoms with van der Waals surface area (Å²) in [5.74, 6) is 1.58. The zero-order valence-corrected chi connectivity index (χ0v) is 18.5. The molecule has 0 spiro atoms. The van der Waals surface area contributed by atoms with Crippen LogP contribution < -0.4 is 10.2 Å². The Hall–Kier alpha value is -1.67. The lowest BCUT2D eigenvalue weighted by Crippen LogP contribution is -2.45. The molecule has 0 saturated carbocycles. The van der Waals surface area contributed by atoms with Crippen LogP contribution in [-0.2, 0) is 21.4 Å². The fourth-order valence-electron chi connectivity index (χ4n) is 4.08. The number of piperidine rings is 2. The summed E-state index contributed by atoms with van der Waals surface area (Å²) in [4.78, 5) is 19.5. The maximum Gasteiger partial charge on any atom is 0.224 e. The van der Waals surface area contributed by atoms with Crippen LogP contribution >= 0.6 is 0 Å². The largest absolute Gasteiger partial charge is 0.357 e. The van der Waals surface area contributed by atoms with Gasteiger partial charge in [-0.15, -0.1) is 0 Å². The minimum absolute atomic E-state index is 0.0736. The van der Waals surface area contributed by atoms with Gasteiger partial charge in [0.15, 0.2) is 0 Å². The number of rotatable bonds is 7. The second-order valence-electron chi connectivity index (χ2n) is 8.43. The molecule has 1 N–H and O–H groups in total. The van der Waals surface area contributed by atoms with Crippen LogP contribution in [0.3, 0.4) is 0 Å². The zero-order valence-electron chi connectivity index (χ0n) is 17.6. The molecule has 1 aromatic heterocycles. The third kappa shape index (κ3) is 5.92. The Balaban J connectivity index is 1.50. The van der Waals surface area contributed by atoms with Crippen molar-refractivity contribution < 1.29 is 13.2 Å². The van der Waals surface area contributed by atoms with Crippen molar-refractivity contribution in [2.24, 2.45) is 11.8 Å². The zero-order chi connectivity index (χ0) is 20.9. The standard InChI is InChI=1S/C21H34N4O3S/c1-3-13-29(27,28)25-10-4-5-19(16-25)21(26)23-15-18-6-7-20(22-14-18)24-11-8-17(2)9-12-24/h6-7,14,17,19H,3-5,8-13,15-16H2,1-2H3,(H,23,26). The molecule has 3 rings (SSSR count). The van der Waals surface area contributed by atoms with Gasteiger partial charge in [-0.25, -0.2) is 17.7 Å². The molecule has 3 heterocycles. The molecule has 7 nitrogen and oxygen atoms in total. The molecule has 1 unspecified atom stereocenters. The average Bonchev–Trinajstić information content (AvgIpc) is 2.73. The normalized spacial score (nSPS) is 21.9. The molecule has 0 radical (unpaired) electrons. The Kier molecular flexibility index (Phi) is 7.51. The highest BCUT2D eigenvalue weighted by molar-refractivity contribution is 7.89. The van der Waals surface area contributed by atoms with Crippen molar-refractivity contribution in [2.45, 2.75) is 52.5 Å². The number of nitrogens with zero attached hydrogens (tertiary/aromatic N) is 3. The monoisotopic (exact) mass is 422 g/mol. The van der Waals surface area contributed by atoms with Crippen LogP contribution in [0.15, 0.2) is 18.3 Å². The molecular weight excluding hydrogens is 388 g/mol. The number of pyridine rings is 1. The molecule has 2 aliphatic heterocycles. The molecule has 0 bridgehead atoms. The van der Waals surface area contributed by atoms with Crippen LogP contribution in [-0.4, -0.2) is 55.5 Å². The van der Waals surface area contributed by atoms with Crippen LogP contribution in [0.5, 0.6) is 0 Å². The summed E-state index contributed by atoms with van der Waals surface area (Å²) in [7, 11) is -3.25. The van der Waals surface area contributed by atoms with Gasteiger partial charge in [0.25, 0.3) is 0 Å². The Morgan fingerprint density at radius 3 is 2.62 bits per heavy atom. The van der Waals surface area contributed by atoms with Crippen LogP contribution in [0.4, 0.5) is 5.82 Å². The van der Waals surface area contributed by atoms with E-state index >= 15 is 0 Å². The van der Waals surface area contributed by atoms with Crippen molar-refractivity contribution in [1.82, 2.24) is 14.6 Å². The van der Waals surface area contributed by atoms with E-state index in [1.165, 1.54) is 17.1 Å². The van der Waals surface area contributed by atoms with E-state index in [1.807, 2.05) is 25.3 Å². The first-order chi connectivity index (χ1) is 13.9. The van der Waals surface area contributed by atoms with Gasteiger partial charge in [0.1, 0.15) is 5.82 Å². The van der Waals surface area contributed by atoms with Crippen LogP contribution in [0, 0.1) is 11.8 Å². The Morgan fingerprint density at radius 2 is 1.97 bits per heavy atom. The summed E-state index contributed by atoms with van der Waals surface area (Å²) in [5.41, 5.74) is 0.957. The van der Waals surface area contributed by atoms with Gasteiger partial charge in [-0.3, -0.25) is 4.79 Å². The lowest BCUT2D eigenvalue weighted by Gasteiger charge is -2.31. The van der Waals surface area contributed by atoms with Gasteiger partial charge in [-0.05, 0) is 49.7 Å². The first-order valence-electron chi connectivity index (χ1n) is 10.8. The van der Waals surface area contributed by atoms with Crippen LogP contribution in [0.1, 0.15) is 51.5 Å². The SMILES string of the molecule is CCCS(=O)(=O)N1CCCC(C(=O)NCc2ccc(N3CCC(C)CC3)nc2)C1. The number of carbonyl (C=O) groups excluding carboxylic acids is 1. The maximum absolute atomic E-state index is 12.6. The summed E-state index contributed by atoms with van der Waals surface area (Å²) in [6.45, 7) is 7.47. The molecule has 1 aromatic rings. The number of aromatic nitrogens is 1. The Bertz CT molecular complexity index is 774. The van der Waals surface area contributed by atoms with Crippen molar-refractivity contribution in [3.8, 4) is 0 Å². The van der Waals surface area contributed by atoms with Gasteiger partial charge in [0, 0.05) is 38.9 Å². The predicted octanol–water partition coefficient (Wildman–Crippen LogP) is 2.39. The number of amides is 1. The van der Waals surface area contributed by atoms with Crippen molar-refractivity contribution in [2.75, 3.05) is 36.8 Å². The van der Waals surface area contributed by atoms with Crippen molar-refractivity contribution in [1.29, 1.82) is 0 Å². The second-order valence-corrected chi connectivity index (χ2v) is 10.5. The van der Waals surface area contributed by atoms with E-state index in [0.29, 0.717) is 26.1 Å². The van der Waals surface area contributed by atoms with Crippen molar-refractivity contribution in [3.63, 3.8) is 0 Å². The van der Waals surface area contributed by atoms with Gasteiger partial charge in [-0.2, -0.15) is 0 Å². The summed E-state index contributed by atoms with van der Waals surface area (Å²) in [6.07, 6.45) is 6.28. The van der Waals surface area contributed by atoms with Crippen LogP contribution in [0.25, 0.3) is 0 Å². The third-order valence-electron chi connectivity index (χ3n) is 5.99. The Morgan fingerprint density at radius 1 is 1.21 bits per heavy atom. The highest BCUT2D eigenvalue weighted by Gasteiger charge is 2.31. The summed E-state index contributed by atoms with van der Waals surface area (Å²) in [5, 5.41) is 2.96. The fraction of sp³-hybridized carbons (Fsp3) is 0.714. The van der Waals surface area contributed by atoms with E-state index in [9.17, 15) is 13.2 Å². The smallest absolute Gasteiger partial charge is 0.224 e. The average molecular weight is 423 g/mol. The van der Waals surface area contributed by atoms with Crippen LogP contribution in [0.2, 0.25) is 0 Å². The maximum atomic E-state index is 12.6. The van der Waals surface area contributed by atoms with E-state index in [0.717, 1.165) is 43.2 Å². The molecule has 0 aromatic carbocycles. The van der Waals surface area contributed by atoms with Gasteiger partial charge >= 0.3 is 0 Å². The lowest BCUT2D eigenvalue weighted by atomic mass is 9.98. The van der Waals surface area contributed by atoms with E-state index in [-0.39, 0.29) is 17.6 Å². The quantitative estimate of drug-likeness (QED) is 0.730. The van der Waals surface area contributed by atoms with Crippen molar-refractivity contribution in [3.05, 3.63) is 23.9 Å². The first-order valence-corrected chi connectivity index (χ1v) is 12.5. The minimum Gasteiger partial charge on any atom is -0.357 e. The lowest BCUT2D eigenvalue weighted by molar-refractivity contribution is -0.126. The van der Waals surface area contributed by atoms with Crippen molar-refractivity contribution >= 4 is 21.7 Å². The van der Waals surface area contributed by atoms with E-state index in [2.05, 4.69) is 22.1 Å². The fourth-order valence-corrected chi connectivity index (χ4v) is 5.66. The first kappa shape index (κ1) is 22.0. The van der Waals surface area contributed by atoms with E-state index < -0.39 is 10.0 Å². The molecule has 162 valence electrons. The molecular formula is C21H34N4O3S. The number of carbonyl (C=O) groups is 1. The number of hydrogen-bond donors (Lipinski definition) is 1. The molecule has 1 atom stereocenters. The minimum atomic E-state index is -3.25. The Labute approximate surface area is 174 Å². The summed E-state index contributed by atoms with van der Waals surface area (Å²) >= 11 is 0. The summed E-state index contributed by atoms with van der Waals surface area (Å²) in [6, 6.07) is 4.04. The number of sulfonamides is 1. The van der Waals surface area contributed by atoms with Gasteiger partial charge in [-0.1, -0.05) is 19.9 Å². The van der Waals surface area contributed by atoms with E-state index in [1.54, 1.807) is 0 Å². The van der Waals surface area contributed by atoms with Gasteiger partial charge in [0.2, 0.25) is 15.9 Å². The highest BCUT2D eigenvalue weighted by atomic mass is 32.2. The predicted molar refractivity (Wildman–Crippen MR) is 115 cm³/mol. The molecule has 2 aliphatic rings. The number of hydrogen-bond acceptors (Lipinski definition) is 5.